The van der Waals surface area contributed by atoms with E-state index in [2.05, 4.69) is 109 Å². The molecule has 5 rings (SSSR count). The Hall–Kier alpha value is -3.10. The molecule has 0 spiro atoms. The number of hydrogen-bond donors (Lipinski definition) is 1. The minimum atomic E-state index is -0.0379. The summed E-state index contributed by atoms with van der Waals surface area (Å²) in [5, 5.41) is 6.25. The summed E-state index contributed by atoms with van der Waals surface area (Å²) < 4.78 is 6.47. The highest BCUT2D eigenvalue weighted by atomic mass is 16.5. The van der Waals surface area contributed by atoms with E-state index >= 15 is 0 Å². The summed E-state index contributed by atoms with van der Waals surface area (Å²) in [4.78, 5) is 0. The van der Waals surface area contributed by atoms with Gasteiger partial charge in [-0.15, -0.1) is 0 Å². The second-order valence-electron chi connectivity index (χ2n) is 7.80. The van der Waals surface area contributed by atoms with Crippen molar-refractivity contribution in [3.8, 4) is 5.75 Å². The minimum Gasteiger partial charge on any atom is -0.475 e. The Balaban J connectivity index is 1.54. The SMILES string of the molecule is C[C@@H](N[C@H]1C[C@H](c2ccccc2)c2c(ccc3ccccc23)O1)c1ccccc1. The van der Waals surface area contributed by atoms with Gasteiger partial charge >= 0.3 is 0 Å². The van der Waals surface area contributed by atoms with Crippen molar-refractivity contribution in [1.82, 2.24) is 5.32 Å². The Bertz CT molecular complexity index is 1110. The van der Waals surface area contributed by atoms with Crippen LogP contribution in [-0.4, -0.2) is 6.23 Å². The van der Waals surface area contributed by atoms with Gasteiger partial charge in [0.05, 0.1) is 0 Å². The normalized spacial score (nSPS) is 19.3. The van der Waals surface area contributed by atoms with Crippen LogP contribution in [0, 0.1) is 0 Å². The van der Waals surface area contributed by atoms with Crippen LogP contribution in [0.4, 0.5) is 0 Å². The lowest BCUT2D eigenvalue weighted by Gasteiger charge is -2.35. The number of ether oxygens (including phenoxy) is 1. The van der Waals surface area contributed by atoms with Gasteiger partial charge in [0, 0.05) is 23.9 Å². The molecule has 0 aromatic heterocycles. The first-order valence-corrected chi connectivity index (χ1v) is 10.3. The molecule has 0 bridgehead atoms. The zero-order valence-electron chi connectivity index (χ0n) is 16.6. The van der Waals surface area contributed by atoms with Crippen LogP contribution in [-0.2, 0) is 0 Å². The molecule has 3 atom stereocenters. The second kappa shape index (κ2) is 7.73. The van der Waals surface area contributed by atoms with Crippen LogP contribution in [0.25, 0.3) is 10.8 Å². The number of hydrogen-bond acceptors (Lipinski definition) is 2. The number of benzene rings is 4. The minimum absolute atomic E-state index is 0.0379. The molecule has 4 aromatic rings. The molecule has 0 amide bonds. The third-order valence-electron chi connectivity index (χ3n) is 5.94. The van der Waals surface area contributed by atoms with Crippen molar-refractivity contribution in [1.29, 1.82) is 0 Å². The van der Waals surface area contributed by atoms with Gasteiger partial charge in [0.2, 0.25) is 0 Å². The fourth-order valence-electron chi connectivity index (χ4n) is 4.48. The van der Waals surface area contributed by atoms with E-state index in [1.54, 1.807) is 0 Å². The summed E-state index contributed by atoms with van der Waals surface area (Å²) >= 11 is 0. The maximum atomic E-state index is 6.47. The van der Waals surface area contributed by atoms with Crippen LogP contribution in [0.3, 0.4) is 0 Å². The molecule has 0 aliphatic carbocycles. The fourth-order valence-corrected chi connectivity index (χ4v) is 4.48. The Morgan fingerprint density at radius 1 is 0.793 bits per heavy atom. The van der Waals surface area contributed by atoms with Gasteiger partial charge in [0.15, 0.2) is 6.23 Å². The van der Waals surface area contributed by atoms with Crippen molar-refractivity contribution in [2.75, 3.05) is 0 Å². The predicted molar refractivity (Wildman–Crippen MR) is 119 cm³/mol. The zero-order chi connectivity index (χ0) is 19.6. The van der Waals surface area contributed by atoms with E-state index in [0.29, 0.717) is 5.92 Å². The highest BCUT2D eigenvalue weighted by Crippen LogP contribution is 2.44. The average molecular weight is 380 g/mol. The Labute approximate surface area is 172 Å². The highest BCUT2D eigenvalue weighted by Gasteiger charge is 2.31. The second-order valence-corrected chi connectivity index (χ2v) is 7.80. The van der Waals surface area contributed by atoms with Gasteiger partial charge < -0.3 is 4.74 Å². The monoisotopic (exact) mass is 379 g/mol. The van der Waals surface area contributed by atoms with Crippen molar-refractivity contribution in [3.63, 3.8) is 0 Å². The van der Waals surface area contributed by atoms with Gasteiger partial charge in [-0.1, -0.05) is 91.0 Å². The van der Waals surface area contributed by atoms with Crippen LogP contribution in [0.15, 0.2) is 97.1 Å². The molecule has 1 aliphatic rings. The Morgan fingerprint density at radius 3 is 2.28 bits per heavy atom. The summed E-state index contributed by atoms with van der Waals surface area (Å²) in [7, 11) is 0. The standard InChI is InChI=1S/C27H25NO/c1-19(20-10-4-2-5-11-20)28-26-18-24(21-12-6-3-7-13-21)27-23-15-9-8-14-22(23)16-17-25(27)29-26/h2-17,19,24,26,28H,18H2,1H3/t19-,24-,26-/m1/s1. The maximum absolute atomic E-state index is 6.47. The Kier molecular flexibility index (Phi) is 4.79. The maximum Gasteiger partial charge on any atom is 0.151 e. The summed E-state index contributed by atoms with van der Waals surface area (Å²) in [5.41, 5.74) is 3.92. The van der Waals surface area contributed by atoms with Crippen LogP contribution in [0.5, 0.6) is 5.75 Å². The number of fused-ring (bicyclic) bond motifs is 3. The molecule has 0 radical (unpaired) electrons. The third-order valence-corrected chi connectivity index (χ3v) is 5.94. The first kappa shape index (κ1) is 18.0. The molecule has 29 heavy (non-hydrogen) atoms. The molecule has 0 saturated carbocycles. The molecule has 1 aliphatic heterocycles. The van der Waals surface area contributed by atoms with Crippen LogP contribution in [0.2, 0.25) is 0 Å². The van der Waals surface area contributed by atoms with Gasteiger partial charge in [-0.2, -0.15) is 0 Å². The number of rotatable bonds is 4. The van der Waals surface area contributed by atoms with Gasteiger partial charge in [-0.05, 0) is 34.9 Å². The van der Waals surface area contributed by atoms with Crippen molar-refractivity contribution >= 4 is 10.8 Å². The van der Waals surface area contributed by atoms with E-state index in [1.807, 2.05) is 0 Å². The molecular weight excluding hydrogens is 354 g/mol. The highest BCUT2D eigenvalue weighted by molar-refractivity contribution is 5.89. The molecule has 144 valence electrons. The van der Waals surface area contributed by atoms with Crippen LogP contribution in [0.1, 0.15) is 42.0 Å². The quantitative estimate of drug-likeness (QED) is 0.441. The van der Waals surface area contributed by atoms with Crippen LogP contribution >= 0.6 is 0 Å². The lowest BCUT2D eigenvalue weighted by atomic mass is 9.83. The van der Waals surface area contributed by atoms with E-state index in [1.165, 1.54) is 27.5 Å². The fraction of sp³-hybridized carbons (Fsp3) is 0.185. The molecule has 0 saturated heterocycles. The molecular formula is C27H25NO. The van der Waals surface area contributed by atoms with E-state index in [0.717, 1.165) is 12.2 Å². The smallest absolute Gasteiger partial charge is 0.151 e. The zero-order valence-corrected chi connectivity index (χ0v) is 16.6. The molecule has 0 fully saturated rings. The molecule has 2 nitrogen and oxygen atoms in total. The van der Waals surface area contributed by atoms with E-state index in [9.17, 15) is 0 Å². The van der Waals surface area contributed by atoms with Crippen molar-refractivity contribution in [2.24, 2.45) is 0 Å². The van der Waals surface area contributed by atoms with Gasteiger partial charge in [-0.25, -0.2) is 0 Å². The van der Waals surface area contributed by atoms with Crippen molar-refractivity contribution in [2.45, 2.75) is 31.5 Å². The average Bonchev–Trinajstić information content (AvgIpc) is 2.79. The largest absolute Gasteiger partial charge is 0.475 e. The summed E-state index contributed by atoms with van der Waals surface area (Å²) in [6, 6.07) is 34.5. The van der Waals surface area contributed by atoms with E-state index in [-0.39, 0.29) is 12.3 Å². The first-order chi connectivity index (χ1) is 14.3. The summed E-state index contributed by atoms with van der Waals surface area (Å²) in [6.45, 7) is 2.20. The lowest BCUT2D eigenvalue weighted by molar-refractivity contribution is 0.119. The summed E-state index contributed by atoms with van der Waals surface area (Å²) in [5.74, 6) is 1.29. The molecule has 0 unspecified atom stereocenters. The van der Waals surface area contributed by atoms with Gasteiger partial charge in [0.25, 0.3) is 0 Å². The molecule has 1 N–H and O–H groups in total. The van der Waals surface area contributed by atoms with Gasteiger partial charge in [0.1, 0.15) is 5.75 Å². The summed E-state index contributed by atoms with van der Waals surface area (Å²) in [6.07, 6.45) is 0.867. The van der Waals surface area contributed by atoms with Gasteiger partial charge in [-0.3, -0.25) is 5.32 Å². The Morgan fingerprint density at radius 2 is 1.48 bits per heavy atom. The predicted octanol–water partition coefficient (Wildman–Crippen LogP) is 6.43. The molecule has 4 aromatic carbocycles. The van der Waals surface area contributed by atoms with E-state index < -0.39 is 0 Å². The van der Waals surface area contributed by atoms with Crippen molar-refractivity contribution < 1.29 is 4.74 Å². The topological polar surface area (TPSA) is 21.3 Å². The van der Waals surface area contributed by atoms with E-state index in [4.69, 9.17) is 4.74 Å². The molecule has 1 heterocycles. The lowest BCUT2D eigenvalue weighted by Crippen LogP contribution is -2.40. The number of nitrogens with one attached hydrogen (secondary N) is 1. The third kappa shape index (κ3) is 3.52. The molecule has 2 heteroatoms. The first-order valence-electron chi connectivity index (χ1n) is 10.3. The van der Waals surface area contributed by atoms with Crippen LogP contribution < -0.4 is 10.1 Å². The van der Waals surface area contributed by atoms with Crippen molar-refractivity contribution in [3.05, 3.63) is 114 Å².